The number of furan rings is 2. The van der Waals surface area contributed by atoms with Crippen molar-refractivity contribution in [2.24, 2.45) is 35.0 Å². The number of allylic oxidation sites excluding steroid dienone is 3. The van der Waals surface area contributed by atoms with E-state index in [-0.39, 0.29) is 86.1 Å². The van der Waals surface area contributed by atoms with Crippen molar-refractivity contribution in [2.45, 2.75) is 66.2 Å². The Balaban J connectivity index is 1.27. The smallest absolute Gasteiger partial charge is 0.348 e. The molecule has 0 spiro atoms. The summed E-state index contributed by atoms with van der Waals surface area (Å²) in [6.45, 7) is 10.4. The maximum absolute atomic E-state index is 13.7. The Morgan fingerprint density at radius 1 is 1.07 bits per heavy atom. The molecular weight excluding hydrogens is 604 g/mol. The van der Waals surface area contributed by atoms with Gasteiger partial charge in [-0.05, 0) is 73.5 Å². The van der Waals surface area contributed by atoms with Gasteiger partial charge in [0.2, 0.25) is 11.5 Å². The maximum Gasteiger partial charge on any atom is 0.348 e. The third-order valence-corrected chi connectivity index (χ3v) is 10.8. The van der Waals surface area contributed by atoms with Gasteiger partial charge < -0.3 is 18.6 Å². The van der Waals surface area contributed by atoms with E-state index in [0.29, 0.717) is 24.8 Å². The van der Waals surface area contributed by atoms with Crippen molar-refractivity contribution in [2.75, 3.05) is 6.61 Å². The molecule has 0 amide bonds. The second-order valence-electron chi connectivity index (χ2n) is 13.4. The van der Waals surface area contributed by atoms with Crippen molar-refractivity contribution in [3.63, 3.8) is 0 Å². The third kappa shape index (κ3) is 5.02. The van der Waals surface area contributed by atoms with Gasteiger partial charge in [-0.2, -0.15) is 8.42 Å². The zero-order valence-corrected chi connectivity index (χ0v) is 26.5. The van der Waals surface area contributed by atoms with Gasteiger partial charge in [-0.25, -0.2) is 9.59 Å². The fourth-order valence-corrected chi connectivity index (χ4v) is 9.26. The minimum atomic E-state index is -4.65. The van der Waals surface area contributed by atoms with Crippen LogP contribution < -0.4 is 9.47 Å². The largest absolute Gasteiger partial charge is 0.458 e. The van der Waals surface area contributed by atoms with Crippen LogP contribution in [-0.2, 0) is 24.4 Å². The van der Waals surface area contributed by atoms with E-state index in [1.54, 1.807) is 33.8 Å². The van der Waals surface area contributed by atoms with E-state index in [1.165, 1.54) is 6.08 Å². The summed E-state index contributed by atoms with van der Waals surface area (Å²) in [4.78, 5) is 52.2. The predicted molar refractivity (Wildman–Crippen MR) is 160 cm³/mol. The standard InChI is InChI=1S/C33H36O11S/c1-6-7-20(15(2)3)29(45(38,39)40)21(16(4)5)8-9-41-30(35)22-23-26-27(43-31(23)36)28(25(22)42-26)44-32(37)33-12-17-10-18(13-33)24(34)19(11-17)14-33/h6,8,15-19H,1,7,9-14H2,2-5H3,(H,38,39,40)/b21-8-,29-20-. The third-order valence-electron chi connectivity index (χ3n) is 9.76. The van der Waals surface area contributed by atoms with Crippen LogP contribution in [0.5, 0.6) is 11.5 Å². The summed E-state index contributed by atoms with van der Waals surface area (Å²) in [5, 5.41) is 0. The normalized spacial score (nSPS) is 26.2. The molecule has 5 aliphatic rings. The average molecular weight is 641 g/mol. The van der Waals surface area contributed by atoms with Crippen LogP contribution in [0.3, 0.4) is 0 Å². The van der Waals surface area contributed by atoms with Crippen molar-refractivity contribution >= 4 is 45.0 Å². The molecule has 0 aromatic carbocycles. The molecule has 45 heavy (non-hydrogen) atoms. The van der Waals surface area contributed by atoms with E-state index in [4.69, 9.17) is 18.6 Å². The van der Waals surface area contributed by atoms with Gasteiger partial charge in [0.25, 0.3) is 10.1 Å². The molecule has 240 valence electrons. The van der Waals surface area contributed by atoms with Gasteiger partial charge in [-0.15, -0.1) is 6.58 Å². The first-order valence-corrected chi connectivity index (χ1v) is 16.7. The highest BCUT2D eigenvalue weighted by molar-refractivity contribution is 7.90. The number of carbonyl (C=O) groups is 4. The van der Waals surface area contributed by atoms with Crippen molar-refractivity contribution in [3.05, 3.63) is 45.9 Å². The number of hydrogen-bond acceptors (Lipinski definition) is 10. The molecule has 6 bridgehead atoms. The molecule has 11 nitrogen and oxygen atoms in total. The molecule has 4 fully saturated rings. The molecule has 4 saturated carbocycles. The van der Waals surface area contributed by atoms with Crippen molar-refractivity contribution in [3.8, 4) is 11.5 Å². The van der Waals surface area contributed by atoms with Crippen LogP contribution in [-0.4, -0.2) is 43.3 Å². The summed E-state index contributed by atoms with van der Waals surface area (Å²) >= 11 is 0. The van der Waals surface area contributed by atoms with E-state index in [0.717, 1.165) is 12.8 Å². The first-order chi connectivity index (χ1) is 21.2. The number of ether oxygens (including phenoxy) is 3. The van der Waals surface area contributed by atoms with Crippen LogP contribution in [0.1, 0.15) is 86.9 Å². The summed E-state index contributed by atoms with van der Waals surface area (Å²) in [5.74, 6) is -3.01. The molecule has 3 heterocycles. The molecule has 7 rings (SSSR count). The van der Waals surface area contributed by atoms with Gasteiger partial charge in [0, 0.05) is 11.8 Å². The number of benzene rings is 1. The number of ketones is 1. The zero-order chi connectivity index (χ0) is 32.6. The van der Waals surface area contributed by atoms with E-state index < -0.39 is 40.0 Å². The van der Waals surface area contributed by atoms with Crippen LogP contribution in [0, 0.1) is 35.0 Å². The molecule has 0 radical (unpaired) electrons. The van der Waals surface area contributed by atoms with Crippen LogP contribution in [0.2, 0.25) is 0 Å². The number of hydrogen-bond donors (Lipinski definition) is 1. The molecule has 2 aromatic rings. The molecular formula is C33H36O11S. The number of carbonyl (C=O) groups excluding carboxylic acids is 4. The summed E-state index contributed by atoms with van der Waals surface area (Å²) in [7, 11) is -4.65. The lowest BCUT2D eigenvalue weighted by Crippen LogP contribution is -2.55. The van der Waals surface area contributed by atoms with Crippen LogP contribution in [0.15, 0.2) is 39.2 Å². The Morgan fingerprint density at radius 3 is 2.31 bits per heavy atom. The second kappa shape index (κ2) is 10.9. The minimum Gasteiger partial charge on any atom is -0.458 e. The van der Waals surface area contributed by atoms with Gasteiger partial charge >= 0.3 is 17.9 Å². The predicted octanol–water partition coefficient (Wildman–Crippen LogP) is 5.82. The van der Waals surface area contributed by atoms with E-state index in [9.17, 15) is 32.1 Å². The summed E-state index contributed by atoms with van der Waals surface area (Å²) < 4.78 is 57.6. The van der Waals surface area contributed by atoms with Gasteiger partial charge in [-0.1, -0.05) is 33.8 Å². The zero-order valence-electron chi connectivity index (χ0n) is 25.6. The lowest BCUT2D eigenvalue weighted by molar-refractivity contribution is -0.167. The first-order valence-electron chi connectivity index (χ1n) is 15.3. The SMILES string of the molecule is C=CC/C(=C(\C(=C/COC(=O)c1c2c3oc1c(OC(=O)C14CC5CC(C1)C(=O)C(C5)C4)c3OC2=O)C(C)C)S(=O)(=O)O)C(C)C. The van der Waals surface area contributed by atoms with Gasteiger partial charge in [0.15, 0.2) is 11.2 Å². The fraction of sp³-hybridized carbons (Fsp3) is 0.515. The first kappa shape index (κ1) is 31.2. The average Bonchev–Trinajstić information content (AvgIpc) is 3.57. The summed E-state index contributed by atoms with van der Waals surface area (Å²) in [6, 6.07) is 0. The summed E-state index contributed by atoms with van der Waals surface area (Å²) in [6.07, 6.45) is 6.20. The van der Waals surface area contributed by atoms with Gasteiger partial charge in [-0.3, -0.25) is 14.1 Å². The van der Waals surface area contributed by atoms with Crippen molar-refractivity contribution < 1.29 is 50.8 Å². The van der Waals surface area contributed by atoms with Crippen molar-refractivity contribution in [1.29, 1.82) is 0 Å². The Hall–Kier alpha value is -3.77. The number of rotatable bonds is 11. The topological polar surface area (TPSA) is 163 Å². The Morgan fingerprint density at radius 2 is 1.73 bits per heavy atom. The highest BCUT2D eigenvalue weighted by Crippen LogP contribution is 2.60. The van der Waals surface area contributed by atoms with Crippen LogP contribution in [0.4, 0.5) is 0 Å². The monoisotopic (exact) mass is 640 g/mol. The van der Waals surface area contributed by atoms with E-state index in [1.807, 2.05) is 0 Å². The molecule has 2 atom stereocenters. The van der Waals surface area contributed by atoms with Crippen LogP contribution >= 0.6 is 0 Å². The molecule has 2 unspecified atom stereocenters. The van der Waals surface area contributed by atoms with E-state index >= 15 is 0 Å². The highest BCUT2D eigenvalue weighted by atomic mass is 32.2. The van der Waals surface area contributed by atoms with E-state index in [2.05, 4.69) is 6.58 Å². The summed E-state index contributed by atoms with van der Waals surface area (Å²) in [5.41, 5.74) is -0.669. The van der Waals surface area contributed by atoms with Gasteiger partial charge in [0.05, 0.1) is 10.3 Å². The Kier molecular flexibility index (Phi) is 7.59. The maximum atomic E-state index is 13.7. The number of Topliss-reactive ketones (excluding diaryl/α,β-unsaturated/α-hetero) is 1. The minimum absolute atomic E-state index is 0.0218. The number of fused-ring (bicyclic) bond motifs is 1. The second-order valence-corrected chi connectivity index (χ2v) is 14.7. The molecule has 1 aliphatic heterocycles. The van der Waals surface area contributed by atoms with Crippen LogP contribution in [0.25, 0.3) is 11.2 Å². The highest BCUT2D eigenvalue weighted by Gasteiger charge is 2.59. The molecule has 4 aliphatic carbocycles. The quantitative estimate of drug-likeness (QED) is 0.104. The lowest BCUT2D eigenvalue weighted by atomic mass is 9.49. The Bertz CT molecular complexity index is 1780. The lowest BCUT2D eigenvalue weighted by Gasteiger charge is -2.53. The molecule has 12 heteroatoms. The Labute approximate surface area is 260 Å². The fourth-order valence-electron chi connectivity index (χ4n) is 7.99. The molecule has 2 aromatic heterocycles. The van der Waals surface area contributed by atoms with Crippen molar-refractivity contribution in [1.82, 2.24) is 0 Å². The molecule has 0 saturated heterocycles. The molecule has 1 N–H and O–H groups in total. The van der Waals surface area contributed by atoms with Gasteiger partial charge in [0.1, 0.15) is 23.5 Å². The number of esters is 3.